The predicted molar refractivity (Wildman–Crippen MR) is 103 cm³/mol. The highest BCUT2D eigenvalue weighted by Crippen LogP contribution is 2.20. The van der Waals surface area contributed by atoms with Gasteiger partial charge in [-0.2, -0.15) is 4.98 Å². The van der Waals surface area contributed by atoms with Crippen LogP contribution in [0.4, 0.5) is 0 Å². The highest BCUT2D eigenvalue weighted by molar-refractivity contribution is 5.86. The summed E-state index contributed by atoms with van der Waals surface area (Å²) in [5, 5.41) is 3.95. The molecule has 0 atom stereocenters. The van der Waals surface area contributed by atoms with Gasteiger partial charge < -0.3 is 18.9 Å². The normalized spacial score (nSPS) is 10.7. The summed E-state index contributed by atoms with van der Waals surface area (Å²) in [6.45, 7) is 3.54. The van der Waals surface area contributed by atoms with Crippen molar-refractivity contribution in [3.8, 4) is 11.4 Å². The maximum absolute atomic E-state index is 12.4. The molecule has 0 N–H and O–H groups in total. The van der Waals surface area contributed by atoms with Gasteiger partial charge in [0.05, 0.1) is 14.2 Å². The number of esters is 2. The average molecular weight is 403 g/mol. The number of hydrogen-bond donors (Lipinski definition) is 0. The molecule has 0 saturated carbocycles. The van der Waals surface area contributed by atoms with Crippen LogP contribution in [-0.2, 0) is 30.3 Å². The lowest BCUT2D eigenvalue weighted by Gasteiger charge is -2.19. The van der Waals surface area contributed by atoms with Crippen LogP contribution in [0.2, 0.25) is 0 Å². The van der Waals surface area contributed by atoms with Crippen LogP contribution < -0.4 is 0 Å². The van der Waals surface area contributed by atoms with E-state index in [-0.39, 0.29) is 31.8 Å². The Bertz CT molecular complexity index is 826. The van der Waals surface area contributed by atoms with E-state index in [4.69, 9.17) is 4.52 Å². The molecule has 0 aliphatic carbocycles. The first-order chi connectivity index (χ1) is 13.8. The lowest BCUT2D eigenvalue weighted by Crippen LogP contribution is -2.40. The average Bonchev–Trinajstić information content (AvgIpc) is 3.20. The molecule has 1 aromatic heterocycles. The van der Waals surface area contributed by atoms with Crippen LogP contribution in [0.15, 0.2) is 28.8 Å². The topological polar surface area (TPSA) is 112 Å². The first-order valence-electron chi connectivity index (χ1n) is 9.18. The summed E-state index contributed by atoms with van der Waals surface area (Å²) in [4.78, 5) is 40.8. The molecular formula is C20H25N3O6. The third kappa shape index (κ3) is 6.41. The van der Waals surface area contributed by atoms with Gasteiger partial charge in [-0.1, -0.05) is 43.3 Å². The van der Waals surface area contributed by atoms with Crippen molar-refractivity contribution in [2.75, 3.05) is 27.3 Å². The molecule has 0 unspecified atom stereocenters. The zero-order chi connectivity index (χ0) is 21.4. The number of nitrogens with zero attached hydrogens (tertiary/aromatic N) is 3. The highest BCUT2D eigenvalue weighted by atomic mass is 16.5. The lowest BCUT2D eigenvalue weighted by molar-refractivity contribution is -0.152. The standard InChI is InChI=1S/C20H25N3O6/c1-13(2)14-5-7-15(8-6-14)20-21-16(29-22-20)9-10-17(24)23(11-18(25)27-3)12-19(26)28-4/h5-8,13H,9-12H2,1-4H3. The number of amides is 1. The molecule has 9 heteroatoms. The van der Waals surface area contributed by atoms with Gasteiger partial charge >= 0.3 is 11.9 Å². The van der Waals surface area contributed by atoms with Crippen molar-refractivity contribution in [3.63, 3.8) is 0 Å². The molecule has 0 radical (unpaired) electrons. The number of methoxy groups -OCH3 is 2. The first-order valence-corrected chi connectivity index (χ1v) is 9.18. The fourth-order valence-electron chi connectivity index (χ4n) is 2.54. The molecule has 0 aliphatic heterocycles. The van der Waals surface area contributed by atoms with E-state index in [0.29, 0.717) is 11.7 Å². The molecule has 2 rings (SSSR count). The van der Waals surface area contributed by atoms with Gasteiger partial charge in [-0.15, -0.1) is 0 Å². The summed E-state index contributed by atoms with van der Waals surface area (Å²) in [6.07, 6.45) is 0.163. The van der Waals surface area contributed by atoms with Crippen molar-refractivity contribution in [2.45, 2.75) is 32.6 Å². The maximum Gasteiger partial charge on any atom is 0.325 e. The van der Waals surface area contributed by atoms with E-state index >= 15 is 0 Å². The molecule has 1 aromatic carbocycles. The van der Waals surface area contributed by atoms with Crippen LogP contribution in [0.3, 0.4) is 0 Å². The van der Waals surface area contributed by atoms with Crippen LogP contribution >= 0.6 is 0 Å². The largest absolute Gasteiger partial charge is 0.468 e. The Morgan fingerprint density at radius 2 is 1.62 bits per heavy atom. The highest BCUT2D eigenvalue weighted by Gasteiger charge is 2.22. The molecule has 9 nitrogen and oxygen atoms in total. The maximum atomic E-state index is 12.4. The van der Waals surface area contributed by atoms with E-state index in [0.717, 1.165) is 10.5 Å². The second-order valence-corrected chi connectivity index (χ2v) is 6.69. The van der Waals surface area contributed by atoms with Gasteiger partial charge in [0.2, 0.25) is 17.6 Å². The summed E-state index contributed by atoms with van der Waals surface area (Å²) >= 11 is 0. The molecule has 1 amide bonds. The molecule has 156 valence electrons. The van der Waals surface area contributed by atoms with Gasteiger partial charge in [0.1, 0.15) is 13.1 Å². The number of benzene rings is 1. The molecule has 0 bridgehead atoms. The Morgan fingerprint density at radius 3 is 2.14 bits per heavy atom. The molecular weight excluding hydrogens is 378 g/mol. The zero-order valence-corrected chi connectivity index (χ0v) is 17.0. The van der Waals surface area contributed by atoms with Gasteiger partial charge in [-0.25, -0.2) is 0 Å². The quantitative estimate of drug-likeness (QED) is 0.584. The Balaban J connectivity index is 1.99. The van der Waals surface area contributed by atoms with E-state index in [9.17, 15) is 14.4 Å². The Kier molecular flexibility index (Phi) is 7.88. The van der Waals surface area contributed by atoms with Gasteiger partial charge in [0.15, 0.2) is 0 Å². The number of carbonyl (C=O) groups excluding carboxylic acids is 3. The second kappa shape index (κ2) is 10.4. The molecule has 0 saturated heterocycles. The van der Waals surface area contributed by atoms with Crippen molar-refractivity contribution in [1.29, 1.82) is 0 Å². The third-order valence-electron chi connectivity index (χ3n) is 4.30. The number of ether oxygens (including phenoxy) is 2. The zero-order valence-electron chi connectivity index (χ0n) is 17.0. The van der Waals surface area contributed by atoms with Gasteiger partial charge in [-0.05, 0) is 11.5 Å². The van der Waals surface area contributed by atoms with Gasteiger partial charge in [0, 0.05) is 18.4 Å². The Labute approximate surface area is 169 Å². The van der Waals surface area contributed by atoms with Crippen molar-refractivity contribution in [1.82, 2.24) is 15.0 Å². The van der Waals surface area contributed by atoms with Crippen molar-refractivity contribution in [3.05, 3.63) is 35.7 Å². The summed E-state index contributed by atoms with van der Waals surface area (Å²) in [5.74, 6) is -0.545. The van der Waals surface area contributed by atoms with E-state index < -0.39 is 17.8 Å². The molecule has 0 aliphatic rings. The van der Waals surface area contributed by atoms with Crippen LogP contribution in [-0.4, -0.2) is 60.2 Å². The van der Waals surface area contributed by atoms with E-state index in [1.54, 1.807) is 0 Å². The number of aromatic nitrogens is 2. The predicted octanol–water partition coefficient (Wildman–Crippen LogP) is 1.97. The SMILES string of the molecule is COC(=O)CN(CC(=O)OC)C(=O)CCc1nc(-c2ccc(C(C)C)cc2)no1. The number of carbonyl (C=O) groups is 3. The molecule has 29 heavy (non-hydrogen) atoms. The summed E-state index contributed by atoms with van der Waals surface area (Å²) in [6, 6.07) is 7.86. The fraction of sp³-hybridized carbons (Fsp3) is 0.450. The summed E-state index contributed by atoms with van der Waals surface area (Å²) < 4.78 is 14.3. The van der Waals surface area contributed by atoms with Crippen LogP contribution in [0.25, 0.3) is 11.4 Å². The number of rotatable bonds is 9. The van der Waals surface area contributed by atoms with Gasteiger partial charge in [-0.3, -0.25) is 14.4 Å². The van der Waals surface area contributed by atoms with Gasteiger partial charge in [0.25, 0.3) is 0 Å². The Hall–Kier alpha value is -3.23. The minimum absolute atomic E-state index is 0.0120. The number of aryl methyl sites for hydroxylation is 1. The lowest BCUT2D eigenvalue weighted by atomic mass is 10.0. The summed E-state index contributed by atoms with van der Waals surface area (Å²) in [5.41, 5.74) is 2.02. The molecule has 0 spiro atoms. The van der Waals surface area contributed by atoms with E-state index in [2.05, 4.69) is 33.5 Å². The van der Waals surface area contributed by atoms with Crippen LogP contribution in [0.1, 0.15) is 37.6 Å². The molecule has 0 fully saturated rings. The third-order valence-corrected chi connectivity index (χ3v) is 4.30. The van der Waals surface area contributed by atoms with E-state index in [1.165, 1.54) is 19.8 Å². The Morgan fingerprint density at radius 1 is 1.03 bits per heavy atom. The fourth-order valence-corrected chi connectivity index (χ4v) is 2.54. The van der Waals surface area contributed by atoms with Crippen molar-refractivity contribution < 1.29 is 28.4 Å². The molecule has 1 heterocycles. The van der Waals surface area contributed by atoms with Crippen molar-refractivity contribution >= 4 is 17.8 Å². The minimum atomic E-state index is -0.632. The minimum Gasteiger partial charge on any atom is -0.468 e. The smallest absolute Gasteiger partial charge is 0.325 e. The van der Waals surface area contributed by atoms with Crippen LogP contribution in [0, 0.1) is 0 Å². The summed E-state index contributed by atoms with van der Waals surface area (Å²) in [7, 11) is 2.41. The number of hydrogen-bond acceptors (Lipinski definition) is 8. The second-order valence-electron chi connectivity index (χ2n) is 6.69. The van der Waals surface area contributed by atoms with Crippen LogP contribution in [0.5, 0.6) is 0 Å². The monoisotopic (exact) mass is 403 g/mol. The van der Waals surface area contributed by atoms with Crippen molar-refractivity contribution in [2.24, 2.45) is 0 Å². The first kappa shape index (κ1) is 22.1. The van der Waals surface area contributed by atoms with E-state index in [1.807, 2.05) is 24.3 Å². The molecule has 2 aromatic rings.